The summed E-state index contributed by atoms with van der Waals surface area (Å²) >= 11 is 8.18. The van der Waals surface area contributed by atoms with Crippen molar-refractivity contribution < 1.29 is 4.79 Å². The number of benzene rings is 1. The second kappa shape index (κ2) is 6.17. The third-order valence-corrected chi connectivity index (χ3v) is 6.13. The highest BCUT2D eigenvalue weighted by atomic mass is 79.9. The van der Waals surface area contributed by atoms with Crippen LogP contribution in [0.25, 0.3) is 5.69 Å². The summed E-state index contributed by atoms with van der Waals surface area (Å²) in [5.74, 6) is -0.115. The van der Waals surface area contributed by atoms with E-state index >= 15 is 0 Å². The molecule has 3 rings (SSSR count). The van der Waals surface area contributed by atoms with Crippen molar-refractivity contribution >= 4 is 54.8 Å². The van der Waals surface area contributed by atoms with E-state index in [1.807, 2.05) is 53.4 Å². The summed E-state index contributed by atoms with van der Waals surface area (Å²) in [5, 5.41) is 2.92. The van der Waals surface area contributed by atoms with Crippen LogP contribution >= 0.6 is 43.2 Å². The van der Waals surface area contributed by atoms with Crippen LogP contribution in [0.5, 0.6) is 0 Å². The summed E-state index contributed by atoms with van der Waals surface area (Å²) in [7, 11) is 0. The number of rotatable bonds is 3. The zero-order valence-electron chi connectivity index (χ0n) is 10.7. The smallest absolute Gasteiger partial charge is 0.265 e. The first-order valence-electron chi connectivity index (χ1n) is 6.13. The van der Waals surface area contributed by atoms with E-state index in [2.05, 4.69) is 37.2 Å². The van der Waals surface area contributed by atoms with Crippen molar-refractivity contribution in [2.75, 3.05) is 5.32 Å². The maximum atomic E-state index is 12.2. The molecule has 0 saturated heterocycles. The summed E-state index contributed by atoms with van der Waals surface area (Å²) in [6, 6.07) is 13.5. The molecular formula is C15H10Br2N2OS. The molecule has 0 aliphatic heterocycles. The Balaban J connectivity index is 1.82. The maximum absolute atomic E-state index is 12.2. The van der Waals surface area contributed by atoms with Crippen LogP contribution in [-0.4, -0.2) is 10.5 Å². The molecule has 2 aromatic heterocycles. The summed E-state index contributed by atoms with van der Waals surface area (Å²) in [6.45, 7) is 0. The molecule has 21 heavy (non-hydrogen) atoms. The van der Waals surface area contributed by atoms with Crippen LogP contribution in [0, 0.1) is 0 Å². The number of anilines is 1. The molecule has 1 aromatic carbocycles. The van der Waals surface area contributed by atoms with E-state index in [-0.39, 0.29) is 5.91 Å². The predicted molar refractivity (Wildman–Crippen MR) is 93.4 cm³/mol. The zero-order chi connectivity index (χ0) is 14.8. The molecule has 0 aliphatic carbocycles. The molecule has 0 aliphatic rings. The number of nitrogens with zero attached hydrogens (tertiary/aromatic N) is 1. The van der Waals surface area contributed by atoms with Crippen LogP contribution in [-0.2, 0) is 0 Å². The summed E-state index contributed by atoms with van der Waals surface area (Å²) in [4.78, 5) is 12.9. The summed E-state index contributed by atoms with van der Waals surface area (Å²) in [5.41, 5.74) is 1.78. The van der Waals surface area contributed by atoms with Gasteiger partial charge in [-0.1, -0.05) is 6.07 Å². The summed E-state index contributed by atoms with van der Waals surface area (Å²) < 4.78 is 3.79. The number of carbonyl (C=O) groups excluding carboxylic acids is 1. The molecule has 0 unspecified atom stereocenters. The van der Waals surface area contributed by atoms with E-state index in [1.165, 1.54) is 11.3 Å². The number of amides is 1. The minimum Gasteiger partial charge on any atom is -0.324 e. The average molecular weight is 426 g/mol. The van der Waals surface area contributed by atoms with Crippen molar-refractivity contribution in [3.8, 4) is 5.69 Å². The van der Waals surface area contributed by atoms with E-state index in [1.54, 1.807) is 6.07 Å². The molecule has 1 N–H and O–H groups in total. The molecule has 0 bridgehead atoms. The van der Waals surface area contributed by atoms with Gasteiger partial charge in [0.15, 0.2) is 0 Å². The molecule has 1 amide bonds. The minimum absolute atomic E-state index is 0.115. The Kier molecular flexibility index (Phi) is 4.28. The van der Waals surface area contributed by atoms with Gasteiger partial charge in [0.1, 0.15) is 0 Å². The Bertz CT molecular complexity index is 761. The highest BCUT2D eigenvalue weighted by molar-refractivity contribution is 9.13. The van der Waals surface area contributed by atoms with Gasteiger partial charge in [-0.2, -0.15) is 0 Å². The number of carbonyl (C=O) groups is 1. The normalized spacial score (nSPS) is 10.6. The van der Waals surface area contributed by atoms with Crippen LogP contribution < -0.4 is 5.32 Å². The molecule has 0 fully saturated rings. The molecule has 2 heterocycles. The van der Waals surface area contributed by atoms with Crippen LogP contribution in [0.3, 0.4) is 0 Å². The van der Waals surface area contributed by atoms with Crippen LogP contribution in [0.4, 0.5) is 5.69 Å². The molecule has 0 atom stereocenters. The van der Waals surface area contributed by atoms with Crippen LogP contribution in [0.2, 0.25) is 0 Å². The van der Waals surface area contributed by atoms with Gasteiger partial charge in [0.25, 0.3) is 5.91 Å². The predicted octanol–water partition coefficient (Wildman–Crippen LogP) is 5.32. The van der Waals surface area contributed by atoms with E-state index in [9.17, 15) is 4.79 Å². The van der Waals surface area contributed by atoms with Crippen molar-refractivity contribution in [1.29, 1.82) is 0 Å². The van der Waals surface area contributed by atoms with Gasteiger partial charge in [0.2, 0.25) is 0 Å². The minimum atomic E-state index is -0.115. The average Bonchev–Trinajstić information content (AvgIpc) is 3.10. The first-order valence-corrected chi connectivity index (χ1v) is 8.53. The molecule has 3 nitrogen and oxygen atoms in total. The Labute approximate surface area is 142 Å². The topological polar surface area (TPSA) is 34.0 Å². The van der Waals surface area contributed by atoms with E-state index in [0.29, 0.717) is 4.88 Å². The lowest BCUT2D eigenvalue weighted by atomic mass is 10.2. The molecular weight excluding hydrogens is 416 g/mol. The fraction of sp³-hybridized carbons (Fsp3) is 0. The molecule has 0 radical (unpaired) electrons. The SMILES string of the molecule is O=C(Nc1cccc(-n2cccc2)c1)c1cc(Br)c(Br)s1. The Morgan fingerprint density at radius 3 is 2.52 bits per heavy atom. The van der Waals surface area contributed by atoms with Gasteiger partial charge in [-0.05, 0) is 68.3 Å². The number of hydrogen-bond donors (Lipinski definition) is 1. The van der Waals surface area contributed by atoms with Gasteiger partial charge in [0.05, 0.1) is 8.66 Å². The van der Waals surface area contributed by atoms with E-state index in [0.717, 1.165) is 19.6 Å². The van der Waals surface area contributed by atoms with Gasteiger partial charge in [-0.25, -0.2) is 0 Å². The van der Waals surface area contributed by atoms with Gasteiger partial charge in [0, 0.05) is 28.2 Å². The molecule has 0 saturated carbocycles. The maximum Gasteiger partial charge on any atom is 0.265 e. The Hall–Kier alpha value is -1.37. The first kappa shape index (κ1) is 14.6. The van der Waals surface area contributed by atoms with E-state index < -0.39 is 0 Å². The molecule has 106 valence electrons. The summed E-state index contributed by atoms with van der Waals surface area (Å²) in [6.07, 6.45) is 3.93. The van der Waals surface area contributed by atoms with Crippen LogP contribution in [0.1, 0.15) is 9.67 Å². The molecule has 6 heteroatoms. The number of aromatic nitrogens is 1. The number of thiophene rings is 1. The van der Waals surface area contributed by atoms with Crippen molar-refractivity contribution in [2.45, 2.75) is 0 Å². The van der Waals surface area contributed by atoms with Gasteiger partial charge in [-0.3, -0.25) is 4.79 Å². The quantitative estimate of drug-likeness (QED) is 0.605. The fourth-order valence-corrected chi connectivity index (χ4v) is 3.83. The third kappa shape index (κ3) is 3.28. The van der Waals surface area contributed by atoms with Gasteiger partial charge < -0.3 is 9.88 Å². The monoisotopic (exact) mass is 424 g/mol. The lowest BCUT2D eigenvalue weighted by Gasteiger charge is -2.07. The van der Waals surface area contributed by atoms with Crippen molar-refractivity contribution in [2.24, 2.45) is 0 Å². The van der Waals surface area contributed by atoms with Crippen molar-refractivity contribution in [1.82, 2.24) is 4.57 Å². The lowest BCUT2D eigenvalue weighted by Crippen LogP contribution is -2.10. The number of hydrogen-bond acceptors (Lipinski definition) is 2. The van der Waals surface area contributed by atoms with Crippen molar-refractivity contribution in [3.63, 3.8) is 0 Å². The zero-order valence-corrected chi connectivity index (χ0v) is 14.7. The third-order valence-electron chi connectivity index (χ3n) is 2.88. The first-order chi connectivity index (χ1) is 10.1. The molecule has 3 aromatic rings. The van der Waals surface area contributed by atoms with Gasteiger partial charge in [-0.15, -0.1) is 11.3 Å². The second-order valence-electron chi connectivity index (χ2n) is 4.33. The van der Waals surface area contributed by atoms with Crippen LogP contribution in [0.15, 0.2) is 63.1 Å². The fourth-order valence-electron chi connectivity index (χ4n) is 1.90. The van der Waals surface area contributed by atoms with Crippen molar-refractivity contribution in [3.05, 3.63) is 68.0 Å². The highest BCUT2D eigenvalue weighted by Gasteiger charge is 2.12. The lowest BCUT2D eigenvalue weighted by molar-refractivity contribution is 0.103. The molecule has 0 spiro atoms. The Morgan fingerprint density at radius 2 is 1.86 bits per heavy atom. The Morgan fingerprint density at radius 1 is 1.10 bits per heavy atom. The highest BCUT2D eigenvalue weighted by Crippen LogP contribution is 2.32. The number of halogens is 2. The number of nitrogens with one attached hydrogen (secondary N) is 1. The second-order valence-corrected chi connectivity index (χ2v) is 7.55. The largest absolute Gasteiger partial charge is 0.324 e. The van der Waals surface area contributed by atoms with E-state index in [4.69, 9.17) is 0 Å². The standard InChI is InChI=1S/C15H10Br2N2OS/c16-12-9-13(21-14(12)17)15(20)18-10-4-3-5-11(8-10)19-6-1-2-7-19/h1-9H,(H,18,20). The van der Waals surface area contributed by atoms with Gasteiger partial charge >= 0.3 is 0 Å².